The molecule has 0 aromatic heterocycles. The molecule has 0 spiro atoms. The summed E-state index contributed by atoms with van der Waals surface area (Å²) in [6.07, 6.45) is 3.75. The lowest BCUT2D eigenvalue weighted by molar-refractivity contribution is -0.142. The molecule has 0 radical (unpaired) electrons. The Balaban J connectivity index is 2.09. The van der Waals surface area contributed by atoms with Crippen LogP contribution in [0.5, 0.6) is 0 Å². The second-order valence-electron chi connectivity index (χ2n) is 6.70. The molecule has 0 saturated carbocycles. The molecule has 2 aliphatic rings. The topological polar surface area (TPSA) is 49.8 Å². The van der Waals surface area contributed by atoms with Gasteiger partial charge in [0.15, 0.2) is 0 Å². The molecule has 1 amide bonds. The van der Waals surface area contributed by atoms with Crippen molar-refractivity contribution in [3.05, 3.63) is 0 Å². The maximum Gasteiger partial charge on any atom is 0.228 e. The van der Waals surface area contributed by atoms with Gasteiger partial charge in [0.25, 0.3) is 0 Å². The zero-order valence-corrected chi connectivity index (χ0v) is 13.2. The number of nitrogens with zero attached hydrogens (tertiary/aromatic N) is 1. The molecule has 2 aliphatic heterocycles. The molecule has 1 N–H and O–H groups in total. The molecule has 20 heavy (non-hydrogen) atoms. The Hall–Kier alpha value is -0.610. The predicted octanol–water partition coefficient (Wildman–Crippen LogP) is 2.20. The molecule has 2 saturated heterocycles. The van der Waals surface area contributed by atoms with Crippen LogP contribution in [0.15, 0.2) is 0 Å². The van der Waals surface area contributed by atoms with Crippen molar-refractivity contribution in [1.29, 1.82) is 0 Å². The molecule has 2 rings (SSSR count). The summed E-state index contributed by atoms with van der Waals surface area (Å²) in [6.45, 7) is 8.82. The number of carbonyl (C=O) groups is 1. The van der Waals surface area contributed by atoms with Gasteiger partial charge in [0, 0.05) is 12.6 Å². The van der Waals surface area contributed by atoms with E-state index in [4.69, 9.17) is 4.74 Å². The summed E-state index contributed by atoms with van der Waals surface area (Å²) in [4.78, 5) is 14.9. The first-order valence-electron chi connectivity index (χ1n) is 8.05. The molecule has 116 valence electrons. The minimum atomic E-state index is -0.345. The number of hydrogen-bond acceptors (Lipinski definition) is 3. The van der Waals surface area contributed by atoms with Gasteiger partial charge in [0.1, 0.15) is 0 Å². The Bertz CT molecular complexity index is 345. The lowest BCUT2D eigenvalue weighted by Crippen LogP contribution is -2.49. The van der Waals surface area contributed by atoms with Crippen molar-refractivity contribution in [3.8, 4) is 0 Å². The number of aliphatic hydroxyl groups is 1. The van der Waals surface area contributed by atoms with Crippen molar-refractivity contribution < 1.29 is 14.6 Å². The van der Waals surface area contributed by atoms with Crippen molar-refractivity contribution in [2.24, 2.45) is 11.8 Å². The van der Waals surface area contributed by atoms with E-state index in [9.17, 15) is 9.90 Å². The maximum absolute atomic E-state index is 12.9. The van der Waals surface area contributed by atoms with Crippen molar-refractivity contribution in [1.82, 2.24) is 4.90 Å². The van der Waals surface area contributed by atoms with E-state index < -0.39 is 0 Å². The molecule has 4 nitrogen and oxygen atoms in total. The van der Waals surface area contributed by atoms with E-state index >= 15 is 0 Å². The van der Waals surface area contributed by atoms with E-state index in [1.54, 1.807) is 0 Å². The summed E-state index contributed by atoms with van der Waals surface area (Å²) < 4.78 is 5.82. The number of piperidine rings is 1. The van der Waals surface area contributed by atoms with Crippen LogP contribution in [0.25, 0.3) is 0 Å². The highest BCUT2D eigenvalue weighted by atomic mass is 16.5. The van der Waals surface area contributed by atoms with Gasteiger partial charge in [-0.3, -0.25) is 4.79 Å². The van der Waals surface area contributed by atoms with Crippen molar-refractivity contribution in [2.75, 3.05) is 6.54 Å². The standard InChI is InChI=1S/C16H29NO3/c1-10(18)9-14-7-5-6-8-17(14)16(19)15-11(2)12(3)20-13(15)4/h10-15,18H,5-9H2,1-4H3. The first-order valence-corrected chi connectivity index (χ1v) is 8.05. The van der Waals surface area contributed by atoms with Gasteiger partial charge in [0.05, 0.1) is 24.2 Å². The Kier molecular flexibility index (Phi) is 5.08. The Morgan fingerprint density at radius 1 is 1.30 bits per heavy atom. The fraction of sp³-hybridized carbons (Fsp3) is 0.938. The molecule has 2 fully saturated rings. The second-order valence-corrected chi connectivity index (χ2v) is 6.70. The minimum absolute atomic E-state index is 0.00151. The smallest absolute Gasteiger partial charge is 0.228 e. The third-order valence-electron chi connectivity index (χ3n) is 5.05. The highest BCUT2D eigenvalue weighted by molar-refractivity contribution is 5.80. The van der Waals surface area contributed by atoms with Crippen LogP contribution in [0, 0.1) is 11.8 Å². The van der Waals surface area contributed by atoms with Crippen LogP contribution in [-0.4, -0.2) is 46.8 Å². The number of aliphatic hydroxyl groups excluding tert-OH is 1. The molecule has 0 aromatic rings. The summed E-state index contributed by atoms with van der Waals surface area (Å²) in [6, 6.07) is 0.201. The van der Waals surface area contributed by atoms with Crippen LogP contribution in [0.3, 0.4) is 0 Å². The zero-order valence-electron chi connectivity index (χ0n) is 13.2. The van der Waals surface area contributed by atoms with Gasteiger partial charge in [-0.15, -0.1) is 0 Å². The summed E-state index contributed by atoms with van der Waals surface area (Å²) in [5.74, 6) is 0.478. The van der Waals surface area contributed by atoms with Gasteiger partial charge in [-0.2, -0.15) is 0 Å². The largest absolute Gasteiger partial charge is 0.393 e. The summed E-state index contributed by atoms with van der Waals surface area (Å²) in [5, 5.41) is 9.65. The van der Waals surface area contributed by atoms with Gasteiger partial charge in [-0.1, -0.05) is 6.92 Å². The minimum Gasteiger partial charge on any atom is -0.393 e. The average Bonchev–Trinajstić information content (AvgIpc) is 2.62. The van der Waals surface area contributed by atoms with Gasteiger partial charge in [-0.05, 0) is 52.4 Å². The number of amides is 1. The fourth-order valence-electron chi connectivity index (χ4n) is 3.81. The molecule has 0 bridgehead atoms. The highest BCUT2D eigenvalue weighted by Gasteiger charge is 2.44. The SMILES string of the molecule is CC(O)CC1CCCCN1C(=O)C1C(C)OC(C)C1C. The Morgan fingerprint density at radius 2 is 2.00 bits per heavy atom. The molecular formula is C16H29NO3. The molecule has 6 atom stereocenters. The highest BCUT2D eigenvalue weighted by Crippen LogP contribution is 2.35. The maximum atomic E-state index is 12.9. The number of likely N-dealkylation sites (tertiary alicyclic amines) is 1. The molecular weight excluding hydrogens is 254 g/mol. The van der Waals surface area contributed by atoms with Gasteiger partial charge >= 0.3 is 0 Å². The van der Waals surface area contributed by atoms with Crippen LogP contribution < -0.4 is 0 Å². The summed E-state index contributed by atoms with van der Waals surface area (Å²) in [5.41, 5.74) is 0. The van der Waals surface area contributed by atoms with Gasteiger partial charge in [0.2, 0.25) is 5.91 Å². The normalized spacial score (nSPS) is 39.9. The van der Waals surface area contributed by atoms with Crippen LogP contribution >= 0.6 is 0 Å². The molecule has 0 aromatic carbocycles. The van der Waals surface area contributed by atoms with Crippen LogP contribution in [-0.2, 0) is 9.53 Å². The number of rotatable bonds is 3. The molecule has 0 aliphatic carbocycles. The number of carbonyl (C=O) groups excluding carboxylic acids is 1. The monoisotopic (exact) mass is 283 g/mol. The van der Waals surface area contributed by atoms with Gasteiger partial charge in [-0.25, -0.2) is 0 Å². The third-order valence-corrected chi connectivity index (χ3v) is 5.05. The average molecular weight is 283 g/mol. The van der Waals surface area contributed by atoms with E-state index in [1.165, 1.54) is 0 Å². The molecule has 6 unspecified atom stereocenters. The predicted molar refractivity (Wildman–Crippen MR) is 78.3 cm³/mol. The van der Waals surface area contributed by atoms with Crippen molar-refractivity contribution in [2.45, 2.75) is 77.7 Å². The van der Waals surface area contributed by atoms with Crippen molar-refractivity contribution in [3.63, 3.8) is 0 Å². The summed E-state index contributed by atoms with van der Waals surface area (Å²) >= 11 is 0. The van der Waals surface area contributed by atoms with Crippen LogP contribution in [0.1, 0.15) is 53.4 Å². The van der Waals surface area contributed by atoms with Crippen LogP contribution in [0.4, 0.5) is 0 Å². The van der Waals surface area contributed by atoms with E-state index in [0.717, 1.165) is 25.8 Å². The third kappa shape index (κ3) is 3.17. The Labute approximate surface area is 122 Å². The van der Waals surface area contributed by atoms with E-state index in [1.807, 2.05) is 18.7 Å². The van der Waals surface area contributed by atoms with Gasteiger partial charge < -0.3 is 14.7 Å². The van der Waals surface area contributed by atoms with E-state index in [2.05, 4.69) is 13.8 Å². The first-order chi connectivity index (χ1) is 9.41. The van der Waals surface area contributed by atoms with Crippen LogP contribution in [0.2, 0.25) is 0 Å². The number of hydrogen-bond donors (Lipinski definition) is 1. The summed E-state index contributed by atoms with van der Waals surface area (Å²) in [7, 11) is 0. The molecule has 4 heteroatoms. The second kappa shape index (κ2) is 6.44. The fourth-order valence-corrected chi connectivity index (χ4v) is 3.81. The quantitative estimate of drug-likeness (QED) is 0.864. The Morgan fingerprint density at radius 3 is 2.55 bits per heavy atom. The van der Waals surface area contributed by atoms with E-state index in [-0.39, 0.29) is 42.1 Å². The van der Waals surface area contributed by atoms with E-state index in [0.29, 0.717) is 6.42 Å². The molecule has 2 heterocycles. The zero-order chi connectivity index (χ0) is 14.9. The lowest BCUT2D eigenvalue weighted by Gasteiger charge is -2.39. The van der Waals surface area contributed by atoms with Crippen molar-refractivity contribution >= 4 is 5.91 Å². The first kappa shape index (κ1) is 15.8. The number of ether oxygens (including phenoxy) is 1. The lowest BCUT2D eigenvalue weighted by atomic mass is 9.86.